The Labute approximate surface area is 125 Å². The highest BCUT2D eigenvalue weighted by Crippen LogP contribution is 2.26. The minimum absolute atomic E-state index is 0.00704. The van der Waals surface area contributed by atoms with Crippen molar-refractivity contribution < 1.29 is 19.4 Å². The molecule has 5 heteroatoms. The van der Waals surface area contributed by atoms with E-state index in [4.69, 9.17) is 9.47 Å². The van der Waals surface area contributed by atoms with E-state index >= 15 is 0 Å². The molecule has 1 amide bonds. The first-order valence-electron chi connectivity index (χ1n) is 7.42. The van der Waals surface area contributed by atoms with Gasteiger partial charge in [-0.05, 0) is 31.4 Å². The molecule has 1 aliphatic heterocycles. The van der Waals surface area contributed by atoms with Gasteiger partial charge in [-0.2, -0.15) is 0 Å². The average molecular weight is 293 g/mol. The van der Waals surface area contributed by atoms with E-state index in [2.05, 4.69) is 0 Å². The number of hydrogen-bond donors (Lipinski definition) is 1. The molecule has 0 saturated carbocycles. The molecule has 0 aliphatic carbocycles. The van der Waals surface area contributed by atoms with Crippen molar-refractivity contribution in [2.24, 2.45) is 5.92 Å². The van der Waals surface area contributed by atoms with Crippen LogP contribution < -0.4 is 9.47 Å². The molecule has 1 saturated heterocycles. The van der Waals surface area contributed by atoms with Crippen LogP contribution in [0.5, 0.6) is 11.5 Å². The predicted molar refractivity (Wildman–Crippen MR) is 79.5 cm³/mol. The van der Waals surface area contributed by atoms with Crippen LogP contribution in [-0.2, 0) is 4.79 Å². The molecule has 0 bridgehead atoms. The molecule has 2 unspecified atom stereocenters. The lowest BCUT2D eigenvalue weighted by Crippen LogP contribution is -2.46. The zero-order valence-electron chi connectivity index (χ0n) is 12.6. The fourth-order valence-corrected chi connectivity index (χ4v) is 2.43. The summed E-state index contributed by atoms with van der Waals surface area (Å²) in [5, 5.41) is 9.69. The molecule has 0 radical (unpaired) electrons. The van der Waals surface area contributed by atoms with E-state index in [1.807, 2.05) is 32.0 Å². The van der Waals surface area contributed by atoms with Crippen LogP contribution in [0.3, 0.4) is 0 Å². The molecular weight excluding hydrogens is 270 g/mol. The number of rotatable bonds is 5. The minimum atomic E-state index is -0.311. The van der Waals surface area contributed by atoms with Gasteiger partial charge >= 0.3 is 0 Å². The number of carbonyl (C=O) groups excluding carboxylic acids is 1. The zero-order chi connectivity index (χ0) is 15.2. The van der Waals surface area contributed by atoms with Crippen molar-refractivity contribution in [2.75, 3.05) is 26.3 Å². The Kier molecular flexibility index (Phi) is 5.44. The van der Waals surface area contributed by atoms with Crippen molar-refractivity contribution in [2.45, 2.75) is 26.4 Å². The number of amides is 1. The molecule has 1 aromatic carbocycles. The number of ether oxygens (including phenoxy) is 2. The van der Waals surface area contributed by atoms with Gasteiger partial charge in [0.1, 0.15) is 0 Å². The summed E-state index contributed by atoms with van der Waals surface area (Å²) < 4.78 is 11.1. The van der Waals surface area contributed by atoms with Crippen molar-refractivity contribution in [1.82, 2.24) is 4.90 Å². The van der Waals surface area contributed by atoms with Crippen LogP contribution in [0.25, 0.3) is 0 Å². The van der Waals surface area contributed by atoms with Crippen LogP contribution in [-0.4, -0.2) is 48.3 Å². The van der Waals surface area contributed by atoms with E-state index in [1.165, 1.54) is 0 Å². The van der Waals surface area contributed by atoms with Gasteiger partial charge in [-0.15, -0.1) is 0 Å². The van der Waals surface area contributed by atoms with Crippen molar-refractivity contribution in [1.29, 1.82) is 0 Å². The third-order valence-electron chi connectivity index (χ3n) is 3.71. The van der Waals surface area contributed by atoms with E-state index in [1.54, 1.807) is 11.0 Å². The van der Waals surface area contributed by atoms with Gasteiger partial charge in [0, 0.05) is 13.1 Å². The molecule has 116 valence electrons. The molecule has 1 heterocycles. The third kappa shape index (κ3) is 4.11. The summed E-state index contributed by atoms with van der Waals surface area (Å²) >= 11 is 0. The molecular formula is C16H23NO4. The minimum Gasteiger partial charge on any atom is -0.490 e. The molecule has 1 aliphatic rings. The van der Waals surface area contributed by atoms with Gasteiger partial charge in [0.2, 0.25) is 0 Å². The van der Waals surface area contributed by atoms with Gasteiger partial charge in [0.25, 0.3) is 5.91 Å². The van der Waals surface area contributed by atoms with E-state index in [0.29, 0.717) is 37.6 Å². The number of para-hydroxylation sites is 2. The number of aliphatic hydroxyl groups is 1. The monoisotopic (exact) mass is 293 g/mol. The third-order valence-corrected chi connectivity index (χ3v) is 3.71. The van der Waals surface area contributed by atoms with Crippen LogP contribution in [0.4, 0.5) is 0 Å². The standard InChI is InChI=1S/C16H23NO4/c1-3-20-14-6-4-5-7-15(14)21-11-16(19)17-9-8-13(18)12(2)10-17/h4-7,12-13,18H,3,8-11H2,1-2H3. The Balaban J connectivity index is 1.89. The molecule has 1 N–H and O–H groups in total. The van der Waals surface area contributed by atoms with Crippen LogP contribution in [0.15, 0.2) is 24.3 Å². The van der Waals surface area contributed by atoms with Gasteiger partial charge in [-0.1, -0.05) is 19.1 Å². The van der Waals surface area contributed by atoms with Crippen LogP contribution in [0.1, 0.15) is 20.3 Å². The summed E-state index contributed by atoms with van der Waals surface area (Å²) in [6.45, 7) is 5.57. The lowest BCUT2D eigenvalue weighted by atomic mass is 9.97. The smallest absolute Gasteiger partial charge is 0.260 e. The molecule has 2 atom stereocenters. The Hall–Kier alpha value is -1.75. The van der Waals surface area contributed by atoms with E-state index in [9.17, 15) is 9.90 Å². The largest absolute Gasteiger partial charge is 0.490 e. The number of likely N-dealkylation sites (tertiary alicyclic amines) is 1. The predicted octanol–water partition coefficient (Wildman–Crippen LogP) is 1.69. The van der Waals surface area contributed by atoms with Gasteiger partial charge in [0.15, 0.2) is 18.1 Å². The fraction of sp³-hybridized carbons (Fsp3) is 0.562. The number of carbonyl (C=O) groups is 1. The molecule has 1 fully saturated rings. The summed E-state index contributed by atoms with van der Waals surface area (Å²) in [4.78, 5) is 13.9. The van der Waals surface area contributed by atoms with Gasteiger partial charge in [0.05, 0.1) is 12.7 Å². The highest BCUT2D eigenvalue weighted by Gasteiger charge is 2.27. The zero-order valence-corrected chi connectivity index (χ0v) is 12.6. The van der Waals surface area contributed by atoms with Crippen molar-refractivity contribution in [3.63, 3.8) is 0 Å². The van der Waals surface area contributed by atoms with Crippen molar-refractivity contribution >= 4 is 5.91 Å². The Morgan fingerprint density at radius 2 is 2.00 bits per heavy atom. The second-order valence-electron chi connectivity index (χ2n) is 5.34. The number of nitrogens with zero attached hydrogens (tertiary/aromatic N) is 1. The molecule has 2 rings (SSSR count). The summed E-state index contributed by atoms with van der Waals surface area (Å²) in [7, 11) is 0. The molecule has 1 aromatic rings. The molecule has 0 spiro atoms. The first-order chi connectivity index (χ1) is 10.1. The van der Waals surface area contributed by atoms with E-state index in [0.717, 1.165) is 0 Å². The Bertz CT molecular complexity index is 477. The molecule has 0 aromatic heterocycles. The van der Waals surface area contributed by atoms with Crippen LogP contribution in [0.2, 0.25) is 0 Å². The Morgan fingerprint density at radius 3 is 2.62 bits per heavy atom. The lowest BCUT2D eigenvalue weighted by molar-refractivity contribution is -0.136. The quantitative estimate of drug-likeness (QED) is 0.897. The maximum absolute atomic E-state index is 12.2. The fourth-order valence-electron chi connectivity index (χ4n) is 2.43. The number of aliphatic hydroxyl groups excluding tert-OH is 1. The van der Waals surface area contributed by atoms with E-state index < -0.39 is 0 Å². The van der Waals surface area contributed by atoms with Gasteiger partial charge < -0.3 is 19.5 Å². The first-order valence-corrected chi connectivity index (χ1v) is 7.42. The number of piperidine rings is 1. The molecule has 21 heavy (non-hydrogen) atoms. The van der Waals surface area contributed by atoms with Crippen LogP contribution in [0, 0.1) is 5.92 Å². The number of hydrogen-bond acceptors (Lipinski definition) is 4. The summed E-state index contributed by atoms with van der Waals surface area (Å²) in [6, 6.07) is 7.33. The van der Waals surface area contributed by atoms with Crippen LogP contribution >= 0.6 is 0 Å². The van der Waals surface area contributed by atoms with E-state index in [-0.39, 0.29) is 24.5 Å². The van der Waals surface area contributed by atoms with Crippen molar-refractivity contribution in [3.8, 4) is 11.5 Å². The SMILES string of the molecule is CCOc1ccccc1OCC(=O)N1CCC(O)C(C)C1. The Morgan fingerprint density at radius 1 is 1.33 bits per heavy atom. The van der Waals surface area contributed by atoms with Crippen molar-refractivity contribution in [3.05, 3.63) is 24.3 Å². The topological polar surface area (TPSA) is 59.0 Å². The highest BCUT2D eigenvalue weighted by atomic mass is 16.5. The molecule has 5 nitrogen and oxygen atoms in total. The maximum atomic E-state index is 12.2. The summed E-state index contributed by atoms with van der Waals surface area (Å²) in [5.74, 6) is 1.28. The average Bonchev–Trinajstić information content (AvgIpc) is 2.49. The highest BCUT2D eigenvalue weighted by molar-refractivity contribution is 5.78. The van der Waals surface area contributed by atoms with Gasteiger partial charge in [-0.25, -0.2) is 0 Å². The second-order valence-corrected chi connectivity index (χ2v) is 5.34. The first kappa shape index (κ1) is 15.6. The summed E-state index contributed by atoms with van der Waals surface area (Å²) in [6.07, 6.45) is 0.316. The second kappa shape index (κ2) is 7.31. The van der Waals surface area contributed by atoms with Gasteiger partial charge in [-0.3, -0.25) is 4.79 Å². The normalized spacial score (nSPS) is 22.0. The maximum Gasteiger partial charge on any atom is 0.260 e. The summed E-state index contributed by atoms with van der Waals surface area (Å²) in [5.41, 5.74) is 0. The lowest BCUT2D eigenvalue weighted by Gasteiger charge is -2.34. The number of benzene rings is 1.